The van der Waals surface area contributed by atoms with Gasteiger partial charge in [-0.3, -0.25) is 0 Å². The molecule has 0 aromatic heterocycles. The Labute approximate surface area is 99.0 Å². The Bertz CT molecular complexity index is 410. The molecule has 0 aliphatic heterocycles. The van der Waals surface area contributed by atoms with Crippen LogP contribution in [0.3, 0.4) is 0 Å². The van der Waals surface area contributed by atoms with E-state index in [4.69, 9.17) is 16.0 Å². The maximum Gasteiger partial charge on any atom is 0.170 e. The van der Waals surface area contributed by atoms with Gasteiger partial charge in [-0.1, -0.05) is 5.16 Å². The number of nitrogens with zero attached hydrogens (tertiary/aromatic N) is 2. The molecule has 0 aliphatic carbocycles. The van der Waals surface area contributed by atoms with Crippen LogP contribution in [0.5, 0.6) is 0 Å². The monoisotopic (exact) mass is 241 g/mol. The Morgan fingerprint density at radius 2 is 2.24 bits per heavy atom. The minimum absolute atomic E-state index is 0.0464. The summed E-state index contributed by atoms with van der Waals surface area (Å²) in [7, 11) is 0. The zero-order chi connectivity index (χ0) is 12.8. The molecule has 1 aromatic rings. The second kappa shape index (κ2) is 6.05. The van der Waals surface area contributed by atoms with Crippen LogP contribution in [0.2, 0.25) is 0 Å². The molecular formula is C11H16FN3O2. The quantitative estimate of drug-likeness (QED) is 0.307. The Morgan fingerprint density at radius 3 is 2.71 bits per heavy atom. The van der Waals surface area contributed by atoms with Gasteiger partial charge < -0.3 is 20.9 Å². The maximum absolute atomic E-state index is 13.8. The summed E-state index contributed by atoms with van der Waals surface area (Å²) >= 11 is 0. The molecule has 17 heavy (non-hydrogen) atoms. The maximum atomic E-state index is 13.8. The Balaban J connectivity index is 3.04. The van der Waals surface area contributed by atoms with Crippen molar-refractivity contribution in [2.24, 2.45) is 10.9 Å². The van der Waals surface area contributed by atoms with Gasteiger partial charge in [0.25, 0.3) is 0 Å². The van der Waals surface area contributed by atoms with Crippen molar-refractivity contribution in [3.8, 4) is 0 Å². The van der Waals surface area contributed by atoms with E-state index >= 15 is 0 Å². The lowest BCUT2D eigenvalue weighted by molar-refractivity contribution is 0.302. The molecule has 0 saturated carbocycles. The molecule has 0 radical (unpaired) electrons. The number of aliphatic hydroxyl groups excluding tert-OH is 1. The fourth-order valence-electron chi connectivity index (χ4n) is 1.55. The predicted octanol–water partition coefficient (Wildman–Crippen LogP) is 0.739. The molecule has 0 bridgehead atoms. The molecule has 0 spiro atoms. The third kappa shape index (κ3) is 3.07. The number of oxime groups is 1. The van der Waals surface area contributed by atoms with Gasteiger partial charge in [-0.25, -0.2) is 4.39 Å². The Kier molecular flexibility index (Phi) is 4.71. The molecule has 0 atom stereocenters. The van der Waals surface area contributed by atoms with Crippen LogP contribution in [0.4, 0.5) is 10.1 Å². The number of likely N-dealkylation sites (N-methyl/N-ethyl adjacent to an activating group) is 1. The summed E-state index contributed by atoms with van der Waals surface area (Å²) in [6, 6.07) is 4.31. The van der Waals surface area contributed by atoms with E-state index in [2.05, 4.69) is 5.16 Å². The van der Waals surface area contributed by atoms with Crippen molar-refractivity contribution >= 4 is 11.5 Å². The van der Waals surface area contributed by atoms with Gasteiger partial charge in [-0.2, -0.15) is 0 Å². The average Bonchev–Trinajstić information content (AvgIpc) is 2.35. The van der Waals surface area contributed by atoms with Crippen molar-refractivity contribution in [2.75, 3.05) is 24.6 Å². The molecule has 5 nitrogen and oxygen atoms in total. The number of hydrogen-bond acceptors (Lipinski definition) is 4. The predicted molar refractivity (Wildman–Crippen MR) is 63.9 cm³/mol. The smallest absolute Gasteiger partial charge is 0.170 e. The zero-order valence-electron chi connectivity index (χ0n) is 9.60. The first-order chi connectivity index (χ1) is 8.13. The number of nitrogens with two attached hydrogens (primary N) is 1. The van der Waals surface area contributed by atoms with Gasteiger partial charge in [-0.15, -0.1) is 0 Å². The van der Waals surface area contributed by atoms with Crippen molar-refractivity contribution in [2.45, 2.75) is 6.92 Å². The molecular weight excluding hydrogens is 225 g/mol. The number of halogens is 1. The second-order valence-electron chi connectivity index (χ2n) is 3.45. The van der Waals surface area contributed by atoms with Gasteiger partial charge in [0.05, 0.1) is 12.3 Å². The first kappa shape index (κ1) is 13.2. The van der Waals surface area contributed by atoms with Gasteiger partial charge in [-0.05, 0) is 25.1 Å². The topological polar surface area (TPSA) is 82.1 Å². The zero-order valence-corrected chi connectivity index (χ0v) is 9.60. The van der Waals surface area contributed by atoms with Crippen LogP contribution in [-0.2, 0) is 0 Å². The molecule has 0 saturated heterocycles. The van der Waals surface area contributed by atoms with Gasteiger partial charge in [0.2, 0.25) is 0 Å². The van der Waals surface area contributed by atoms with Crippen LogP contribution in [0.25, 0.3) is 0 Å². The molecule has 0 fully saturated rings. The summed E-state index contributed by atoms with van der Waals surface area (Å²) in [4.78, 5) is 1.70. The van der Waals surface area contributed by atoms with Crippen LogP contribution in [-0.4, -0.2) is 35.8 Å². The van der Waals surface area contributed by atoms with E-state index in [1.165, 1.54) is 6.07 Å². The van der Waals surface area contributed by atoms with Crippen LogP contribution in [0.15, 0.2) is 23.4 Å². The molecule has 0 aliphatic rings. The number of anilines is 1. The summed E-state index contributed by atoms with van der Waals surface area (Å²) in [6.45, 7) is 2.76. The summed E-state index contributed by atoms with van der Waals surface area (Å²) in [6.07, 6.45) is 0. The van der Waals surface area contributed by atoms with Crippen LogP contribution >= 0.6 is 0 Å². The minimum Gasteiger partial charge on any atom is -0.409 e. The van der Waals surface area contributed by atoms with Crippen molar-refractivity contribution in [3.05, 3.63) is 29.6 Å². The molecule has 6 heteroatoms. The number of amidine groups is 1. The first-order valence-electron chi connectivity index (χ1n) is 5.27. The molecule has 0 heterocycles. The fraction of sp³-hybridized carbons (Fsp3) is 0.364. The van der Waals surface area contributed by atoms with Crippen molar-refractivity contribution in [1.29, 1.82) is 0 Å². The fourth-order valence-corrected chi connectivity index (χ4v) is 1.55. The normalized spacial score (nSPS) is 11.6. The Morgan fingerprint density at radius 1 is 1.53 bits per heavy atom. The Hall–Kier alpha value is -1.82. The standard InChI is InChI=1S/C11H16FN3O2/c1-2-15(5-6-16)10-4-3-8(7-9(10)12)11(13)14-17/h3-4,7,16-17H,2,5-6H2,1H3,(H2,13,14). The highest BCUT2D eigenvalue weighted by molar-refractivity contribution is 5.97. The van der Waals surface area contributed by atoms with Gasteiger partial charge in [0.15, 0.2) is 5.84 Å². The first-order valence-corrected chi connectivity index (χ1v) is 5.27. The van der Waals surface area contributed by atoms with E-state index in [1.54, 1.807) is 17.0 Å². The van der Waals surface area contributed by atoms with Gasteiger partial charge in [0, 0.05) is 18.7 Å². The highest BCUT2D eigenvalue weighted by Crippen LogP contribution is 2.20. The molecule has 94 valence electrons. The summed E-state index contributed by atoms with van der Waals surface area (Å²) < 4.78 is 13.8. The van der Waals surface area contributed by atoms with E-state index < -0.39 is 5.82 Å². The van der Waals surface area contributed by atoms with Gasteiger partial charge in [0.1, 0.15) is 5.82 Å². The van der Waals surface area contributed by atoms with Crippen LogP contribution in [0, 0.1) is 5.82 Å². The van der Waals surface area contributed by atoms with Crippen molar-refractivity contribution in [3.63, 3.8) is 0 Å². The molecule has 1 rings (SSSR count). The van der Waals surface area contributed by atoms with E-state index in [9.17, 15) is 4.39 Å². The largest absolute Gasteiger partial charge is 0.409 e. The number of benzene rings is 1. The number of hydrogen-bond donors (Lipinski definition) is 3. The lowest BCUT2D eigenvalue weighted by Gasteiger charge is -2.22. The highest BCUT2D eigenvalue weighted by Gasteiger charge is 2.11. The summed E-state index contributed by atoms with van der Waals surface area (Å²) in [5.41, 5.74) is 6.06. The van der Waals surface area contributed by atoms with E-state index in [1.807, 2.05) is 6.92 Å². The lowest BCUT2D eigenvalue weighted by atomic mass is 10.1. The van der Waals surface area contributed by atoms with E-state index in [0.717, 1.165) is 0 Å². The van der Waals surface area contributed by atoms with E-state index in [0.29, 0.717) is 24.3 Å². The van der Waals surface area contributed by atoms with Crippen LogP contribution in [0.1, 0.15) is 12.5 Å². The third-order valence-corrected chi connectivity index (χ3v) is 2.44. The summed E-state index contributed by atoms with van der Waals surface area (Å²) in [5.74, 6) is -0.606. The minimum atomic E-state index is -0.468. The summed E-state index contributed by atoms with van der Waals surface area (Å²) in [5, 5.41) is 20.2. The van der Waals surface area contributed by atoms with Gasteiger partial charge >= 0.3 is 0 Å². The molecule has 0 unspecified atom stereocenters. The SMILES string of the molecule is CCN(CCO)c1ccc(/C(N)=N/O)cc1F. The molecule has 0 amide bonds. The molecule has 1 aromatic carbocycles. The number of aliphatic hydroxyl groups is 1. The lowest BCUT2D eigenvalue weighted by Crippen LogP contribution is -2.27. The van der Waals surface area contributed by atoms with Crippen molar-refractivity contribution in [1.82, 2.24) is 0 Å². The molecule has 4 N–H and O–H groups in total. The highest BCUT2D eigenvalue weighted by atomic mass is 19.1. The van der Waals surface area contributed by atoms with Crippen LogP contribution < -0.4 is 10.6 Å². The average molecular weight is 241 g/mol. The van der Waals surface area contributed by atoms with E-state index in [-0.39, 0.29) is 12.4 Å². The third-order valence-electron chi connectivity index (χ3n) is 2.44. The second-order valence-corrected chi connectivity index (χ2v) is 3.45. The number of rotatable bonds is 5. The van der Waals surface area contributed by atoms with Crippen molar-refractivity contribution < 1.29 is 14.7 Å².